The number of rotatable bonds is 4. The van der Waals surface area contributed by atoms with Crippen molar-refractivity contribution < 1.29 is 9.53 Å². The van der Waals surface area contributed by atoms with Crippen molar-refractivity contribution in [2.24, 2.45) is 0 Å². The first-order chi connectivity index (χ1) is 14.2. The van der Waals surface area contributed by atoms with Crippen LogP contribution >= 0.6 is 11.3 Å². The van der Waals surface area contributed by atoms with E-state index in [0.717, 1.165) is 46.1 Å². The third kappa shape index (κ3) is 3.17. The molecule has 1 saturated heterocycles. The molecule has 1 atom stereocenters. The first kappa shape index (κ1) is 17.9. The number of benzene rings is 1. The minimum Gasteiger partial charge on any atom is -0.497 e. The number of amides is 1. The molecule has 0 aliphatic carbocycles. The number of likely N-dealkylation sites (tertiary alicyclic amines) is 1. The molecule has 0 saturated carbocycles. The summed E-state index contributed by atoms with van der Waals surface area (Å²) in [5.41, 5.74) is 2.72. The Hall–Kier alpha value is -3.19. The summed E-state index contributed by atoms with van der Waals surface area (Å²) in [6.07, 6.45) is 2.67. The molecule has 1 amide bonds. The lowest BCUT2D eigenvalue weighted by atomic mass is 10.2. The fourth-order valence-electron chi connectivity index (χ4n) is 3.91. The van der Waals surface area contributed by atoms with Gasteiger partial charge in [0.2, 0.25) is 0 Å². The van der Waals surface area contributed by atoms with Gasteiger partial charge in [0.15, 0.2) is 5.65 Å². The fraction of sp³-hybridized carbons (Fsp3) is 0.227. The zero-order valence-electron chi connectivity index (χ0n) is 16.0. The van der Waals surface area contributed by atoms with Crippen molar-refractivity contribution in [1.82, 2.24) is 19.4 Å². The highest BCUT2D eigenvalue weighted by molar-refractivity contribution is 7.12. The molecule has 146 valence electrons. The Morgan fingerprint density at radius 2 is 2.03 bits per heavy atom. The third-order valence-electron chi connectivity index (χ3n) is 5.34. The molecule has 0 N–H and O–H groups in total. The van der Waals surface area contributed by atoms with Crippen LogP contribution in [0.15, 0.2) is 60.1 Å². The molecular weight excluding hydrogens is 384 g/mol. The van der Waals surface area contributed by atoms with Gasteiger partial charge >= 0.3 is 0 Å². The summed E-state index contributed by atoms with van der Waals surface area (Å²) in [5, 5.41) is 1.94. The largest absolute Gasteiger partial charge is 0.497 e. The van der Waals surface area contributed by atoms with Gasteiger partial charge in [0, 0.05) is 24.8 Å². The van der Waals surface area contributed by atoms with E-state index in [1.807, 2.05) is 58.8 Å². The maximum absolute atomic E-state index is 12.8. The molecule has 0 spiro atoms. The summed E-state index contributed by atoms with van der Waals surface area (Å²) in [6, 6.07) is 15.7. The molecule has 1 aliphatic rings. The van der Waals surface area contributed by atoms with Gasteiger partial charge in [0.1, 0.15) is 17.1 Å². The van der Waals surface area contributed by atoms with Crippen LogP contribution < -0.4 is 4.74 Å². The number of fused-ring (bicyclic) bond motifs is 1. The number of methoxy groups -OCH3 is 1. The Kier molecular flexibility index (Phi) is 4.52. The van der Waals surface area contributed by atoms with Crippen LogP contribution in [0.1, 0.15) is 22.1 Å². The van der Waals surface area contributed by atoms with E-state index in [0.29, 0.717) is 6.54 Å². The lowest BCUT2D eigenvalue weighted by Gasteiger charge is -2.18. The highest BCUT2D eigenvalue weighted by atomic mass is 32.1. The molecule has 3 aromatic heterocycles. The molecule has 0 unspecified atom stereocenters. The van der Waals surface area contributed by atoms with Crippen LogP contribution in [0.5, 0.6) is 5.75 Å². The van der Waals surface area contributed by atoms with Crippen molar-refractivity contribution in [3.05, 3.63) is 65.0 Å². The smallest absolute Gasteiger partial charge is 0.263 e. The minimum absolute atomic E-state index is 0.103. The van der Waals surface area contributed by atoms with Crippen LogP contribution in [-0.4, -0.2) is 45.5 Å². The molecule has 5 rings (SSSR count). The van der Waals surface area contributed by atoms with Gasteiger partial charge < -0.3 is 14.2 Å². The minimum atomic E-state index is 0.103. The summed E-state index contributed by atoms with van der Waals surface area (Å²) >= 11 is 1.49. The topological polar surface area (TPSA) is 60.3 Å². The number of aromatic nitrogens is 3. The molecule has 4 aromatic rings. The molecule has 1 aromatic carbocycles. The Morgan fingerprint density at radius 3 is 2.79 bits per heavy atom. The molecule has 4 heterocycles. The van der Waals surface area contributed by atoms with Gasteiger partial charge in [-0.3, -0.25) is 4.79 Å². The SMILES string of the molecule is COc1ccc(-c2nc3cccnc3n2[C@@H]2CCN(C(=O)c3cccs3)C2)cc1. The van der Waals surface area contributed by atoms with Crippen molar-refractivity contribution in [3.63, 3.8) is 0 Å². The Labute approximate surface area is 172 Å². The fourth-order valence-corrected chi connectivity index (χ4v) is 4.60. The van der Waals surface area contributed by atoms with E-state index in [1.165, 1.54) is 11.3 Å². The predicted octanol–water partition coefficient (Wildman–Crippen LogP) is 4.26. The maximum atomic E-state index is 12.8. The van der Waals surface area contributed by atoms with Crippen LogP contribution in [0.25, 0.3) is 22.6 Å². The van der Waals surface area contributed by atoms with Gasteiger partial charge in [-0.15, -0.1) is 11.3 Å². The number of carbonyl (C=O) groups is 1. The normalized spacial score (nSPS) is 16.4. The summed E-state index contributed by atoms with van der Waals surface area (Å²) in [7, 11) is 1.66. The predicted molar refractivity (Wildman–Crippen MR) is 113 cm³/mol. The van der Waals surface area contributed by atoms with E-state index in [2.05, 4.69) is 9.55 Å². The molecular formula is C22H20N4O2S. The molecule has 1 fully saturated rings. The molecule has 1 aliphatic heterocycles. The zero-order valence-corrected chi connectivity index (χ0v) is 16.8. The highest BCUT2D eigenvalue weighted by Gasteiger charge is 2.31. The Morgan fingerprint density at radius 1 is 1.17 bits per heavy atom. The van der Waals surface area contributed by atoms with E-state index in [9.17, 15) is 4.79 Å². The Bertz CT molecular complexity index is 1150. The number of thiophene rings is 1. The van der Waals surface area contributed by atoms with E-state index < -0.39 is 0 Å². The average molecular weight is 404 g/mol. The molecule has 29 heavy (non-hydrogen) atoms. The quantitative estimate of drug-likeness (QED) is 0.510. The van der Waals surface area contributed by atoms with Crippen molar-refractivity contribution in [1.29, 1.82) is 0 Å². The second kappa shape index (κ2) is 7.33. The van der Waals surface area contributed by atoms with Crippen molar-refractivity contribution in [3.8, 4) is 17.1 Å². The van der Waals surface area contributed by atoms with Crippen molar-refractivity contribution >= 4 is 28.4 Å². The molecule has 6 nitrogen and oxygen atoms in total. The van der Waals surface area contributed by atoms with Gasteiger partial charge in [0.25, 0.3) is 5.91 Å². The number of pyridine rings is 1. The number of ether oxygens (including phenoxy) is 1. The summed E-state index contributed by atoms with van der Waals surface area (Å²) in [6.45, 7) is 1.39. The molecule has 0 radical (unpaired) electrons. The number of carbonyl (C=O) groups excluding carboxylic acids is 1. The molecule has 0 bridgehead atoms. The average Bonchev–Trinajstić information content (AvgIpc) is 3.52. The van der Waals surface area contributed by atoms with Crippen molar-refractivity contribution in [2.75, 3.05) is 20.2 Å². The van der Waals surface area contributed by atoms with Crippen LogP contribution in [-0.2, 0) is 0 Å². The van der Waals surface area contributed by atoms with Gasteiger partial charge in [-0.2, -0.15) is 0 Å². The monoisotopic (exact) mass is 404 g/mol. The van der Waals surface area contributed by atoms with Crippen LogP contribution in [0.2, 0.25) is 0 Å². The Balaban J connectivity index is 1.53. The van der Waals surface area contributed by atoms with Crippen LogP contribution in [0, 0.1) is 0 Å². The summed E-state index contributed by atoms with van der Waals surface area (Å²) in [5.74, 6) is 1.78. The zero-order chi connectivity index (χ0) is 19.8. The standard InChI is InChI=1S/C22H20N4O2S/c1-28-17-8-6-15(7-9-17)20-24-18-4-2-11-23-21(18)26(20)16-10-12-25(14-16)22(27)19-5-3-13-29-19/h2-9,11,13,16H,10,12,14H2,1H3/t16-/m1/s1. The first-order valence-electron chi connectivity index (χ1n) is 9.55. The highest BCUT2D eigenvalue weighted by Crippen LogP contribution is 2.33. The van der Waals surface area contributed by atoms with Gasteiger partial charge in [0.05, 0.1) is 18.0 Å². The lowest BCUT2D eigenvalue weighted by molar-refractivity contribution is 0.0792. The van der Waals surface area contributed by atoms with Gasteiger partial charge in [-0.1, -0.05) is 6.07 Å². The van der Waals surface area contributed by atoms with Crippen molar-refractivity contribution in [2.45, 2.75) is 12.5 Å². The van der Waals surface area contributed by atoms with E-state index in [-0.39, 0.29) is 11.9 Å². The van der Waals surface area contributed by atoms with E-state index >= 15 is 0 Å². The van der Waals surface area contributed by atoms with Crippen LogP contribution in [0.4, 0.5) is 0 Å². The van der Waals surface area contributed by atoms with Crippen LogP contribution in [0.3, 0.4) is 0 Å². The lowest BCUT2D eigenvalue weighted by Crippen LogP contribution is -2.28. The number of hydrogen-bond acceptors (Lipinski definition) is 5. The van der Waals surface area contributed by atoms with Gasteiger partial charge in [-0.05, 0) is 54.3 Å². The van der Waals surface area contributed by atoms with Gasteiger partial charge in [-0.25, -0.2) is 9.97 Å². The first-order valence-corrected chi connectivity index (χ1v) is 10.4. The second-order valence-electron chi connectivity index (χ2n) is 7.05. The summed E-state index contributed by atoms with van der Waals surface area (Å²) in [4.78, 5) is 25.0. The summed E-state index contributed by atoms with van der Waals surface area (Å²) < 4.78 is 7.48. The molecule has 7 heteroatoms. The number of nitrogens with zero attached hydrogens (tertiary/aromatic N) is 4. The maximum Gasteiger partial charge on any atom is 0.263 e. The second-order valence-corrected chi connectivity index (χ2v) is 8.00. The van der Waals surface area contributed by atoms with E-state index in [1.54, 1.807) is 13.3 Å². The number of imidazole rings is 1. The third-order valence-corrected chi connectivity index (χ3v) is 6.20. The number of hydrogen-bond donors (Lipinski definition) is 0. The van der Waals surface area contributed by atoms with E-state index in [4.69, 9.17) is 9.72 Å².